The van der Waals surface area contributed by atoms with Crippen molar-refractivity contribution in [3.05, 3.63) is 66.1 Å². The highest BCUT2D eigenvalue weighted by molar-refractivity contribution is 5.76. The molecular weight excluding hydrogens is 352 g/mol. The average molecular weight is 378 g/mol. The molecule has 3 aromatic rings. The summed E-state index contributed by atoms with van der Waals surface area (Å²) in [7, 11) is 0. The Balaban J connectivity index is 1.43. The first-order valence-electron chi connectivity index (χ1n) is 9.62. The second kappa shape index (κ2) is 9.69. The zero-order chi connectivity index (χ0) is 19.8. The summed E-state index contributed by atoms with van der Waals surface area (Å²) >= 11 is 0. The van der Waals surface area contributed by atoms with Gasteiger partial charge in [0.1, 0.15) is 0 Å². The van der Waals surface area contributed by atoms with Crippen molar-refractivity contribution >= 4 is 11.6 Å². The summed E-state index contributed by atoms with van der Waals surface area (Å²) in [5.74, 6) is 0.941. The van der Waals surface area contributed by atoms with Crippen LogP contribution in [0, 0.1) is 6.92 Å². The zero-order valence-corrected chi connectivity index (χ0v) is 16.4. The summed E-state index contributed by atoms with van der Waals surface area (Å²) in [5, 5.41) is 11.0. The van der Waals surface area contributed by atoms with E-state index in [2.05, 4.69) is 58.5 Å². The van der Waals surface area contributed by atoms with Crippen LogP contribution in [-0.4, -0.2) is 35.7 Å². The van der Waals surface area contributed by atoms with Crippen molar-refractivity contribution in [2.24, 2.45) is 0 Å². The molecule has 0 aliphatic heterocycles. The van der Waals surface area contributed by atoms with E-state index in [0.717, 1.165) is 18.7 Å². The Labute approximate surface area is 165 Å². The molecule has 0 atom stereocenters. The van der Waals surface area contributed by atoms with Crippen LogP contribution in [0.5, 0.6) is 0 Å². The zero-order valence-electron chi connectivity index (χ0n) is 16.4. The van der Waals surface area contributed by atoms with Crippen molar-refractivity contribution in [1.82, 2.24) is 15.5 Å². The van der Waals surface area contributed by atoms with Crippen LogP contribution in [-0.2, 0) is 11.2 Å². The van der Waals surface area contributed by atoms with Gasteiger partial charge in [-0.15, -0.1) is 10.2 Å². The minimum atomic E-state index is -0.0141. The number of carbonyl (C=O) groups excluding carboxylic acids is 1. The molecule has 2 aromatic carbocycles. The van der Waals surface area contributed by atoms with E-state index in [1.165, 1.54) is 11.3 Å². The minimum Gasteiger partial charge on any atom is -0.421 e. The lowest BCUT2D eigenvalue weighted by atomic mass is 10.2. The van der Waals surface area contributed by atoms with E-state index in [1.54, 1.807) is 0 Å². The molecule has 1 amide bonds. The molecule has 1 heterocycles. The Kier molecular flexibility index (Phi) is 6.78. The first kappa shape index (κ1) is 19.6. The monoisotopic (exact) mass is 378 g/mol. The normalized spacial score (nSPS) is 10.6. The van der Waals surface area contributed by atoms with Crippen molar-refractivity contribution in [3.63, 3.8) is 0 Å². The molecule has 0 radical (unpaired) electrons. The molecule has 1 aromatic heterocycles. The first-order chi connectivity index (χ1) is 13.7. The summed E-state index contributed by atoms with van der Waals surface area (Å²) in [6.07, 6.45) is 0.758. The molecule has 6 nitrogen and oxygen atoms in total. The minimum absolute atomic E-state index is 0.0141. The Hall–Kier alpha value is -3.15. The third kappa shape index (κ3) is 5.42. The van der Waals surface area contributed by atoms with Crippen LogP contribution in [0.3, 0.4) is 0 Å². The number of aromatic nitrogens is 2. The van der Waals surface area contributed by atoms with Gasteiger partial charge in [0.2, 0.25) is 17.7 Å². The van der Waals surface area contributed by atoms with Gasteiger partial charge in [0.15, 0.2) is 0 Å². The van der Waals surface area contributed by atoms with Gasteiger partial charge in [0.25, 0.3) is 0 Å². The fraction of sp³-hybridized carbons (Fsp3) is 0.318. The van der Waals surface area contributed by atoms with Gasteiger partial charge in [-0.05, 0) is 43.7 Å². The second-order valence-electron chi connectivity index (χ2n) is 6.64. The standard InChI is InChI=1S/C22H26N4O2/c1-3-26(19-11-7-8-17(2)16-19)15-14-23-20(27)12-13-21-24-25-22(28-21)18-9-5-4-6-10-18/h4-11,16H,3,12-15H2,1-2H3,(H,23,27). The van der Waals surface area contributed by atoms with E-state index in [1.807, 2.05) is 30.3 Å². The Morgan fingerprint density at radius 2 is 1.93 bits per heavy atom. The lowest BCUT2D eigenvalue weighted by Crippen LogP contribution is -2.35. The number of hydrogen-bond donors (Lipinski definition) is 1. The van der Waals surface area contributed by atoms with Crippen LogP contribution < -0.4 is 10.2 Å². The van der Waals surface area contributed by atoms with Gasteiger partial charge in [-0.1, -0.05) is 30.3 Å². The summed E-state index contributed by atoms with van der Waals surface area (Å²) in [6.45, 7) is 6.46. The molecule has 0 aliphatic rings. The van der Waals surface area contributed by atoms with Gasteiger partial charge in [-0.2, -0.15) is 0 Å². The Morgan fingerprint density at radius 1 is 1.11 bits per heavy atom. The summed E-state index contributed by atoms with van der Waals surface area (Å²) in [5.41, 5.74) is 3.28. The lowest BCUT2D eigenvalue weighted by Gasteiger charge is -2.23. The van der Waals surface area contributed by atoms with Crippen molar-refractivity contribution in [1.29, 1.82) is 0 Å². The van der Waals surface area contributed by atoms with E-state index < -0.39 is 0 Å². The number of benzene rings is 2. The smallest absolute Gasteiger partial charge is 0.247 e. The van der Waals surface area contributed by atoms with E-state index in [9.17, 15) is 4.79 Å². The molecule has 0 saturated carbocycles. The molecular formula is C22H26N4O2. The van der Waals surface area contributed by atoms with Crippen LogP contribution in [0.1, 0.15) is 24.8 Å². The second-order valence-corrected chi connectivity index (χ2v) is 6.64. The van der Waals surface area contributed by atoms with E-state index in [0.29, 0.717) is 31.2 Å². The molecule has 0 unspecified atom stereocenters. The predicted molar refractivity (Wildman–Crippen MR) is 110 cm³/mol. The van der Waals surface area contributed by atoms with Gasteiger partial charge >= 0.3 is 0 Å². The van der Waals surface area contributed by atoms with Gasteiger partial charge in [-0.3, -0.25) is 4.79 Å². The quantitative estimate of drug-likeness (QED) is 0.616. The topological polar surface area (TPSA) is 71.3 Å². The fourth-order valence-corrected chi connectivity index (χ4v) is 2.99. The van der Waals surface area contributed by atoms with Gasteiger partial charge < -0.3 is 14.6 Å². The number of anilines is 1. The average Bonchev–Trinajstić information content (AvgIpc) is 3.19. The summed E-state index contributed by atoms with van der Waals surface area (Å²) < 4.78 is 5.64. The number of likely N-dealkylation sites (N-methyl/N-ethyl adjacent to an activating group) is 1. The van der Waals surface area contributed by atoms with Crippen LogP contribution in [0.2, 0.25) is 0 Å². The fourth-order valence-electron chi connectivity index (χ4n) is 2.99. The number of nitrogens with one attached hydrogen (secondary N) is 1. The highest BCUT2D eigenvalue weighted by Crippen LogP contribution is 2.17. The first-order valence-corrected chi connectivity index (χ1v) is 9.62. The largest absolute Gasteiger partial charge is 0.421 e. The molecule has 1 N–H and O–H groups in total. The number of rotatable bonds is 9. The third-order valence-corrected chi connectivity index (χ3v) is 4.51. The summed E-state index contributed by atoms with van der Waals surface area (Å²) in [6, 6.07) is 18.0. The van der Waals surface area contributed by atoms with Crippen LogP contribution >= 0.6 is 0 Å². The molecule has 28 heavy (non-hydrogen) atoms. The molecule has 0 spiro atoms. The maximum atomic E-state index is 12.1. The Bertz CT molecular complexity index is 892. The number of aryl methyl sites for hydroxylation is 2. The number of amides is 1. The van der Waals surface area contributed by atoms with E-state index >= 15 is 0 Å². The van der Waals surface area contributed by atoms with Gasteiger partial charge in [0, 0.05) is 43.7 Å². The molecule has 146 valence electrons. The van der Waals surface area contributed by atoms with Crippen LogP contribution in [0.4, 0.5) is 5.69 Å². The number of carbonyl (C=O) groups is 1. The van der Waals surface area contributed by atoms with Gasteiger partial charge in [-0.25, -0.2) is 0 Å². The van der Waals surface area contributed by atoms with Crippen molar-refractivity contribution < 1.29 is 9.21 Å². The SMILES string of the molecule is CCN(CCNC(=O)CCc1nnc(-c2ccccc2)o1)c1cccc(C)c1. The molecule has 0 bridgehead atoms. The number of hydrogen-bond acceptors (Lipinski definition) is 5. The predicted octanol–water partition coefficient (Wildman–Crippen LogP) is 3.62. The highest BCUT2D eigenvalue weighted by Gasteiger charge is 2.11. The van der Waals surface area contributed by atoms with Crippen molar-refractivity contribution in [3.8, 4) is 11.5 Å². The van der Waals surface area contributed by atoms with Crippen LogP contribution in [0.15, 0.2) is 59.0 Å². The van der Waals surface area contributed by atoms with Gasteiger partial charge in [0.05, 0.1) is 0 Å². The summed E-state index contributed by atoms with van der Waals surface area (Å²) in [4.78, 5) is 14.4. The molecule has 0 saturated heterocycles. The lowest BCUT2D eigenvalue weighted by molar-refractivity contribution is -0.121. The van der Waals surface area contributed by atoms with E-state index in [-0.39, 0.29) is 5.91 Å². The maximum absolute atomic E-state index is 12.1. The van der Waals surface area contributed by atoms with Crippen molar-refractivity contribution in [2.75, 3.05) is 24.5 Å². The molecule has 0 aliphatic carbocycles. The highest BCUT2D eigenvalue weighted by atomic mass is 16.4. The van der Waals surface area contributed by atoms with E-state index in [4.69, 9.17) is 4.42 Å². The van der Waals surface area contributed by atoms with Crippen molar-refractivity contribution in [2.45, 2.75) is 26.7 Å². The maximum Gasteiger partial charge on any atom is 0.247 e. The molecule has 6 heteroatoms. The Morgan fingerprint density at radius 3 is 2.68 bits per heavy atom. The number of nitrogens with zero attached hydrogens (tertiary/aromatic N) is 3. The third-order valence-electron chi connectivity index (χ3n) is 4.51. The van der Waals surface area contributed by atoms with Crippen LogP contribution in [0.25, 0.3) is 11.5 Å². The molecule has 3 rings (SSSR count). The molecule has 0 fully saturated rings.